The van der Waals surface area contributed by atoms with Gasteiger partial charge < -0.3 is 0 Å². The van der Waals surface area contributed by atoms with Crippen LogP contribution in [0.25, 0.3) is 0 Å². The minimum absolute atomic E-state index is 0.0753. The van der Waals surface area contributed by atoms with Crippen molar-refractivity contribution in [3.63, 3.8) is 0 Å². The summed E-state index contributed by atoms with van der Waals surface area (Å²) in [4.78, 5) is 18.7. The molecule has 2 N–H and O–H groups in total. The number of hydrazine groups is 1. The van der Waals surface area contributed by atoms with E-state index in [9.17, 15) is 13.6 Å². The summed E-state index contributed by atoms with van der Waals surface area (Å²) in [7, 11) is 0. The van der Waals surface area contributed by atoms with Crippen LogP contribution in [0.15, 0.2) is 29.1 Å². The van der Waals surface area contributed by atoms with Gasteiger partial charge in [0.15, 0.2) is 0 Å². The lowest BCUT2D eigenvalue weighted by Crippen LogP contribution is -2.38. The van der Waals surface area contributed by atoms with Crippen molar-refractivity contribution in [2.75, 3.05) is 18.5 Å². The van der Waals surface area contributed by atoms with Crippen molar-refractivity contribution in [3.05, 3.63) is 57.5 Å². The predicted molar refractivity (Wildman–Crippen MR) is 87.6 cm³/mol. The summed E-state index contributed by atoms with van der Waals surface area (Å²) in [5.74, 6) is -0.303. The van der Waals surface area contributed by atoms with Crippen LogP contribution in [0.3, 0.4) is 0 Å². The summed E-state index contributed by atoms with van der Waals surface area (Å²) < 4.78 is 27.5. The first kappa shape index (κ1) is 16.6. The highest BCUT2D eigenvalue weighted by molar-refractivity contribution is 5.29. The topological polar surface area (TPSA) is 61.0 Å². The smallest absolute Gasteiger partial charge is 0.252 e. The normalized spacial score (nSPS) is 16.3. The van der Waals surface area contributed by atoms with Gasteiger partial charge in [0.05, 0.1) is 5.69 Å². The predicted octanol–water partition coefficient (Wildman–Crippen LogP) is 2.70. The first-order valence-corrected chi connectivity index (χ1v) is 8.06. The van der Waals surface area contributed by atoms with Crippen LogP contribution < -0.4 is 11.0 Å². The van der Waals surface area contributed by atoms with Crippen molar-refractivity contribution in [2.24, 2.45) is 5.92 Å². The van der Waals surface area contributed by atoms with Gasteiger partial charge in [-0.25, -0.2) is 18.8 Å². The molecule has 1 aromatic carbocycles. The van der Waals surface area contributed by atoms with E-state index in [0.717, 1.165) is 25.9 Å². The molecule has 1 saturated heterocycles. The lowest BCUT2D eigenvalue weighted by molar-refractivity contribution is 0.225. The summed E-state index contributed by atoms with van der Waals surface area (Å²) >= 11 is 0. The fourth-order valence-corrected chi connectivity index (χ4v) is 2.80. The van der Waals surface area contributed by atoms with E-state index < -0.39 is 11.6 Å². The molecule has 0 bridgehead atoms. The third-order valence-corrected chi connectivity index (χ3v) is 4.26. The number of nitrogens with zero attached hydrogens (tertiary/aromatic N) is 2. The zero-order chi connectivity index (χ0) is 17.1. The standard InChI is InChI=1S/C17H20F2N4O/c1-11-5-7-23(8-6-11)22-17-20-12(10-16(24)21-17)9-13-14(18)3-2-4-15(13)19/h2-4,10-11H,5-9H2,1H3,(H2,20,21,22,24). The van der Waals surface area contributed by atoms with Crippen molar-refractivity contribution in [1.82, 2.24) is 15.0 Å². The van der Waals surface area contributed by atoms with Gasteiger partial charge in [-0.15, -0.1) is 0 Å². The van der Waals surface area contributed by atoms with Crippen LogP contribution in [-0.4, -0.2) is 28.1 Å². The van der Waals surface area contributed by atoms with Crippen molar-refractivity contribution in [3.8, 4) is 0 Å². The minimum atomic E-state index is -0.642. The summed E-state index contributed by atoms with van der Waals surface area (Å²) in [6.07, 6.45) is 2.06. The molecule has 128 valence electrons. The lowest BCUT2D eigenvalue weighted by atomic mass is 10.0. The van der Waals surface area contributed by atoms with E-state index in [2.05, 4.69) is 22.3 Å². The number of hydrogen-bond acceptors (Lipinski definition) is 4. The van der Waals surface area contributed by atoms with E-state index >= 15 is 0 Å². The van der Waals surface area contributed by atoms with Crippen LogP contribution >= 0.6 is 0 Å². The Hall–Kier alpha value is -2.28. The molecule has 24 heavy (non-hydrogen) atoms. The number of piperidine rings is 1. The molecule has 0 saturated carbocycles. The Bertz CT molecular complexity index is 749. The summed E-state index contributed by atoms with van der Waals surface area (Å²) in [6, 6.07) is 4.96. The van der Waals surface area contributed by atoms with Gasteiger partial charge in [0.2, 0.25) is 5.95 Å². The highest BCUT2D eigenvalue weighted by Gasteiger charge is 2.17. The van der Waals surface area contributed by atoms with Gasteiger partial charge >= 0.3 is 0 Å². The van der Waals surface area contributed by atoms with Gasteiger partial charge in [0.25, 0.3) is 5.56 Å². The number of anilines is 1. The Morgan fingerprint density at radius 2 is 1.96 bits per heavy atom. The second kappa shape index (κ2) is 7.09. The van der Waals surface area contributed by atoms with Crippen LogP contribution in [0.5, 0.6) is 0 Å². The average molecular weight is 334 g/mol. The maximum atomic E-state index is 13.8. The van der Waals surface area contributed by atoms with Crippen LogP contribution in [0.2, 0.25) is 0 Å². The van der Waals surface area contributed by atoms with Crippen LogP contribution in [-0.2, 0) is 6.42 Å². The number of hydrogen-bond donors (Lipinski definition) is 2. The van der Waals surface area contributed by atoms with E-state index in [-0.39, 0.29) is 17.5 Å². The number of benzene rings is 1. The van der Waals surface area contributed by atoms with E-state index in [1.54, 1.807) is 0 Å². The van der Waals surface area contributed by atoms with Crippen molar-refractivity contribution in [2.45, 2.75) is 26.2 Å². The quantitative estimate of drug-likeness (QED) is 0.902. The maximum absolute atomic E-state index is 13.8. The largest absolute Gasteiger partial charge is 0.292 e. The Labute approximate surface area is 138 Å². The molecule has 3 rings (SSSR count). The first-order chi connectivity index (χ1) is 11.5. The molecule has 0 spiro atoms. The lowest BCUT2D eigenvalue weighted by Gasteiger charge is -2.30. The zero-order valence-electron chi connectivity index (χ0n) is 13.5. The Morgan fingerprint density at radius 3 is 2.62 bits per heavy atom. The van der Waals surface area contributed by atoms with Crippen molar-refractivity contribution >= 4 is 5.95 Å². The molecular formula is C17H20F2N4O. The summed E-state index contributed by atoms with van der Waals surface area (Å²) in [5, 5.41) is 1.99. The average Bonchev–Trinajstić information content (AvgIpc) is 2.53. The number of nitrogens with one attached hydrogen (secondary N) is 2. The third kappa shape index (κ3) is 3.97. The molecule has 0 aliphatic carbocycles. The molecule has 2 heterocycles. The Morgan fingerprint density at radius 1 is 1.29 bits per heavy atom. The van der Waals surface area contributed by atoms with Crippen molar-refractivity contribution in [1.29, 1.82) is 0 Å². The fraction of sp³-hybridized carbons (Fsp3) is 0.412. The Balaban J connectivity index is 1.78. The van der Waals surface area contributed by atoms with Crippen molar-refractivity contribution < 1.29 is 8.78 Å². The second-order valence-electron chi connectivity index (χ2n) is 6.24. The molecular weight excluding hydrogens is 314 g/mol. The van der Waals surface area contributed by atoms with Crippen LogP contribution in [0, 0.1) is 17.6 Å². The summed E-state index contributed by atoms with van der Waals surface area (Å²) in [6.45, 7) is 3.93. The molecule has 1 aliphatic rings. The highest BCUT2D eigenvalue weighted by atomic mass is 19.1. The molecule has 5 nitrogen and oxygen atoms in total. The van der Waals surface area contributed by atoms with Gasteiger partial charge in [-0.1, -0.05) is 13.0 Å². The number of H-pyrrole nitrogens is 1. The van der Waals surface area contributed by atoms with E-state index in [1.165, 1.54) is 24.3 Å². The Kier molecular flexibility index (Phi) is 4.89. The second-order valence-corrected chi connectivity index (χ2v) is 6.24. The monoisotopic (exact) mass is 334 g/mol. The van der Waals surface area contributed by atoms with Gasteiger partial charge in [-0.2, -0.15) is 0 Å². The number of halogens is 2. The minimum Gasteiger partial charge on any atom is -0.292 e. The number of aromatic amines is 1. The van der Waals surface area contributed by atoms with Gasteiger partial charge in [0, 0.05) is 31.1 Å². The van der Waals surface area contributed by atoms with E-state index in [1.807, 2.05) is 5.01 Å². The molecule has 1 aromatic heterocycles. The van der Waals surface area contributed by atoms with E-state index in [4.69, 9.17) is 0 Å². The third-order valence-electron chi connectivity index (χ3n) is 4.26. The molecule has 1 aliphatic heterocycles. The van der Waals surface area contributed by atoms with E-state index in [0.29, 0.717) is 17.6 Å². The maximum Gasteiger partial charge on any atom is 0.252 e. The molecule has 0 radical (unpaired) electrons. The molecule has 0 amide bonds. The van der Waals surface area contributed by atoms with Crippen LogP contribution in [0.1, 0.15) is 31.0 Å². The SMILES string of the molecule is CC1CCN(Nc2nc(Cc3c(F)cccc3F)cc(=O)[nH]2)CC1. The number of rotatable bonds is 4. The first-order valence-electron chi connectivity index (χ1n) is 8.06. The van der Waals surface area contributed by atoms with Crippen LogP contribution in [0.4, 0.5) is 14.7 Å². The van der Waals surface area contributed by atoms with Gasteiger partial charge in [-0.3, -0.25) is 15.2 Å². The highest BCUT2D eigenvalue weighted by Crippen LogP contribution is 2.17. The molecule has 0 unspecified atom stereocenters. The fourth-order valence-electron chi connectivity index (χ4n) is 2.80. The molecule has 0 atom stereocenters. The number of aromatic nitrogens is 2. The molecule has 1 fully saturated rings. The molecule has 2 aromatic rings. The van der Waals surface area contributed by atoms with Gasteiger partial charge in [-0.05, 0) is 30.9 Å². The van der Waals surface area contributed by atoms with Gasteiger partial charge in [0.1, 0.15) is 11.6 Å². The summed E-state index contributed by atoms with van der Waals surface area (Å²) in [5.41, 5.74) is 2.95. The zero-order valence-corrected chi connectivity index (χ0v) is 13.5. The molecule has 7 heteroatoms.